The highest BCUT2D eigenvalue weighted by Gasteiger charge is 2.17. The van der Waals surface area contributed by atoms with Gasteiger partial charge in [0.25, 0.3) is 5.91 Å². The van der Waals surface area contributed by atoms with Crippen molar-refractivity contribution >= 4 is 11.6 Å². The molecule has 112 valence electrons. The Labute approximate surface area is 124 Å². The van der Waals surface area contributed by atoms with Crippen molar-refractivity contribution < 1.29 is 4.79 Å². The van der Waals surface area contributed by atoms with E-state index >= 15 is 0 Å². The fourth-order valence-corrected chi connectivity index (χ4v) is 2.90. The van der Waals surface area contributed by atoms with Crippen LogP contribution in [-0.4, -0.2) is 27.0 Å². The molecule has 0 unspecified atom stereocenters. The number of hydrogen-bond donors (Lipinski definition) is 1. The number of fused-ring (bicyclic) bond motifs is 1. The lowest BCUT2D eigenvalue weighted by molar-refractivity contribution is 0.0944. The quantitative estimate of drug-likeness (QED) is 0.860. The Morgan fingerprint density at radius 2 is 2.24 bits per heavy atom. The Morgan fingerprint density at radius 1 is 1.43 bits per heavy atom. The Balaban J connectivity index is 1.64. The van der Waals surface area contributed by atoms with Gasteiger partial charge in [-0.3, -0.25) is 4.79 Å². The maximum atomic E-state index is 12.3. The Morgan fingerprint density at radius 3 is 2.95 bits per heavy atom. The Hall–Kier alpha value is -1.91. The van der Waals surface area contributed by atoms with Crippen LogP contribution >= 0.6 is 0 Å². The number of imidazole rings is 1. The average Bonchev–Trinajstić information content (AvgIpc) is 2.80. The number of amides is 1. The van der Waals surface area contributed by atoms with Crippen molar-refractivity contribution in [1.82, 2.24) is 19.9 Å². The maximum absolute atomic E-state index is 12.3. The van der Waals surface area contributed by atoms with E-state index in [4.69, 9.17) is 0 Å². The van der Waals surface area contributed by atoms with Crippen molar-refractivity contribution in [3.8, 4) is 0 Å². The third kappa shape index (κ3) is 2.91. The Bertz CT molecular complexity index is 658. The molecule has 0 atom stereocenters. The molecule has 5 heteroatoms. The topological polar surface area (TPSA) is 59.3 Å². The van der Waals surface area contributed by atoms with Crippen molar-refractivity contribution in [2.45, 2.75) is 46.0 Å². The monoisotopic (exact) mass is 286 g/mol. The van der Waals surface area contributed by atoms with Crippen LogP contribution in [0, 0.1) is 19.8 Å². The molecule has 0 aliphatic heterocycles. The summed E-state index contributed by atoms with van der Waals surface area (Å²) in [4.78, 5) is 16.6. The standard InChI is InChI=1S/C16H22N4O/c1-11-9-12(2)19-20-14(10-18-15(11)20)16(21)17-8-4-7-13-5-3-6-13/h9-10,13H,3-8H2,1-2H3,(H,17,21). The summed E-state index contributed by atoms with van der Waals surface area (Å²) in [7, 11) is 0. The average molecular weight is 286 g/mol. The van der Waals surface area contributed by atoms with Gasteiger partial charge in [-0.2, -0.15) is 5.10 Å². The molecule has 0 spiro atoms. The molecule has 1 saturated carbocycles. The molecule has 1 N–H and O–H groups in total. The van der Waals surface area contributed by atoms with Crippen molar-refractivity contribution in [3.63, 3.8) is 0 Å². The minimum absolute atomic E-state index is 0.0893. The second-order valence-corrected chi connectivity index (χ2v) is 6.04. The van der Waals surface area contributed by atoms with Crippen LogP contribution < -0.4 is 5.32 Å². The molecule has 2 aromatic rings. The van der Waals surface area contributed by atoms with Gasteiger partial charge in [-0.05, 0) is 44.2 Å². The molecule has 1 fully saturated rings. The second-order valence-electron chi connectivity index (χ2n) is 6.04. The van der Waals surface area contributed by atoms with Crippen LogP contribution in [0.25, 0.3) is 5.65 Å². The fraction of sp³-hybridized carbons (Fsp3) is 0.562. The van der Waals surface area contributed by atoms with Gasteiger partial charge in [0, 0.05) is 6.54 Å². The summed E-state index contributed by atoms with van der Waals surface area (Å²) in [6.07, 6.45) is 8.00. The summed E-state index contributed by atoms with van der Waals surface area (Å²) in [5.41, 5.74) is 3.18. The van der Waals surface area contributed by atoms with Crippen LogP contribution in [0.5, 0.6) is 0 Å². The minimum Gasteiger partial charge on any atom is -0.351 e. The smallest absolute Gasteiger partial charge is 0.271 e. The summed E-state index contributed by atoms with van der Waals surface area (Å²) >= 11 is 0. The van der Waals surface area contributed by atoms with Crippen LogP contribution in [0.3, 0.4) is 0 Å². The summed E-state index contributed by atoms with van der Waals surface area (Å²) in [5, 5.41) is 7.37. The van der Waals surface area contributed by atoms with E-state index in [0.29, 0.717) is 5.69 Å². The van der Waals surface area contributed by atoms with Gasteiger partial charge in [-0.1, -0.05) is 19.3 Å². The molecular formula is C16H22N4O. The zero-order valence-corrected chi connectivity index (χ0v) is 12.7. The van der Waals surface area contributed by atoms with Gasteiger partial charge >= 0.3 is 0 Å². The number of nitrogens with one attached hydrogen (secondary N) is 1. The van der Waals surface area contributed by atoms with Gasteiger partial charge in [-0.15, -0.1) is 0 Å². The van der Waals surface area contributed by atoms with Crippen molar-refractivity contribution in [2.24, 2.45) is 5.92 Å². The first kappa shape index (κ1) is 14.0. The van der Waals surface area contributed by atoms with Crippen LogP contribution in [0.2, 0.25) is 0 Å². The highest BCUT2D eigenvalue weighted by molar-refractivity contribution is 5.93. The molecule has 1 aliphatic carbocycles. The zero-order valence-electron chi connectivity index (χ0n) is 12.7. The molecule has 2 heterocycles. The van der Waals surface area contributed by atoms with Gasteiger partial charge in [0.05, 0.1) is 11.9 Å². The Kier molecular flexibility index (Phi) is 3.90. The minimum atomic E-state index is -0.0893. The van der Waals surface area contributed by atoms with E-state index in [0.717, 1.165) is 35.8 Å². The first-order valence-corrected chi connectivity index (χ1v) is 7.75. The number of carbonyl (C=O) groups excluding carboxylic acids is 1. The van der Waals surface area contributed by atoms with E-state index in [9.17, 15) is 4.79 Å². The lowest BCUT2D eigenvalue weighted by Crippen LogP contribution is -2.27. The molecule has 1 aliphatic rings. The van der Waals surface area contributed by atoms with Crippen LogP contribution in [0.1, 0.15) is 53.8 Å². The first-order chi connectivity index (χ1) is 10.1. The SMILES string of the molecule is Cc1cc(C)c2ncc(C(=O)NCCCC3CCC3)n2n1. The lowest BCUT2D eigenvalue weighted by Gasteiger charge is -2.24. The van der Waals surface area contributed by atoms with E-state index in [1.165, 1.54) is 25.7 Å². The van der Waals surface area contributed by atoms with E-state index in [-0.39, 0.29) is 5.91 Å². The van der Waals surface area contributed by atoms with Crippen molar-refractivity contribution in [3.05, 3.63) is 29.2 Å². The normalized spacial score (nSPS) is 15.1. The van der Waals surface area contributed by atoms with Gasteiger partial charge in [0.2, 0.25) is 0 Å². The molecule has 0 saturated heterocycles. The molecule has 1 amide bonds. The molecular weight excluding hydrogens is 264 g/mol. The van der Waals surface area contributed by atoms with E-state index in [1.807, 2.05) is 19.9 Å². The molecule has 2 aromatic heterocycles. The molecule has 5 nitrogen and oxygen atoms in total. The van der Waals surface area contributed by atoms with Crippen LogP contribution in [0.15, 0.2) is 12.3 Å². The summed E-state index contributed by atoms with van der Waals surface area (Å²) in [5.74, 6) is 0.804. The number of hydrogen-bond acceptors (Lipinski definition) is 3. The maximum Gasteiger partial charge on any atom is 0.271 e. The first-order valence-electron chi connectivity index (χ1n) is 7.75. The fourth-order valence-electron chi connectivity index (χ4n) is 2.90. The van der Waals surface area contributed by atoms with E-state index < -0.39 is 0 Å². The highest BCUT2D eigenvalue weighted by atomic mass is 16.2. The van der Waals surface area contributed by atoms with E-state index in [2.05, 4.69) is 15.4 Å². The summed E-state index contributed by atoms with van der Waals surface area (Å²) in [6, 6.07) is 1.97. The van der Waals surface area contributed by atoms with Crippen molar-refractivity contribution in [2.75, 3.05) is 6.54 Å². The summed E-state index contributed by atoms with van der Waals surface area (Å²) < 4.78 is 1.64. The number of aromatic nitrogens is 3. The molecule has 0 radical (unpaired) electrons. The van der Waals surface area contributed by atoms with Gasteiger partial charge in [0.15, 0.2) is 5.65 Å². The molecule has 0 aromatic carbocycles. The predicted molar refractivity (Wildman–Crippen MR) is 81.4 cm³/mol. The zero-order chi connectivity index (χ0) is 14.8. The number of aryl methyl sites for hydroxylation is 2. The predicted octanol–water partition coefficient (Wildman–Crippen LogP) is 2.66. The number of rotatable bonds is 5. The van der Waals surface area contributed by atoms with Crippen LogP contribution in [0.4, 0.5) is 0 Å². The molecule has 21 heavy (non-hydrogen) atoms. The van der Waals surface area contributed by atoms with Gasteiger partial charge in [-0.25, -0.2) is 9.50 Å². The second kappa shape index (κ2) is 5.84. The van der Waals surface area contributed by atoms with Gasteiger partial charge < -0.3 is 5.32 Å². The van der Waals surface area contributed by atoms with Gasteiger partial charge in [0.1, 0.15) is 5.69 Å². The lowest BCUT2D eigenvalue weighted by atomic mass is 9.82. The number of nitrogens with zero attached hydrogens (tertiary/aromatic N) is 3. The third-order valence-electron chi connectivity index (χ3n) is 4.31. The van der Waals surface area contributed by atoms with E-state index in [1.54, 1.807) is 10.7 Å². The van der Waals surface area contributed by atoms with Crippen LogP contribution in [-0.2, 0) is 0 Å². The molecule has 3 rings (SSSR count). The largest absolute Gasteiger partial charge is 0.351 e. The highest BCUT2D eigenvalue weighted by Crippen LogP contribution is 2.30. The van der Waals surface area contributed by atoms with Crippen molar-refractivity contribution in [1.29, 1.82) is 0 Å². The number of carbonyl (C=O) groups is 1. The summed E-state index contributed by atoms with van der Waals surface area (Å²) in [6.45, 7) is 4.64. The third-order valence-corrected chi connectivity index (χ3v) is 4.31. The molecule has 0 bridgehead atoms.